The lowest BCUT2D eigenvalue weighted by atomic mass is 10.0. The molecule has 7 nitrogen and oxygen atoms in total. The van der Waals surface area contributed by atoms with E-state index in [1.54, 1.807) is 36.0 Å². The molecule has 6 rings (SSSR count). The molecule has 1 aliphatic heterocycles. The van der Waals surface area contributed by atoms with Crippen LogP contribution in [0.4, 0.5) is 0 Å². The predicted octanol–water partition coefficient (Wildman–Crippen LogP) is 7.92. The maximum atomic E-state index is 13.7. The van der Waals surface area contributed by atoms with E-state index in [-0.39, 0.29) is 15.9 Å². The summed E-state index contributed by atoms with van der Waals surface area (Å²) in [5.41, 5.74) is 4.36. The maximum Gasteiger partial charge on any atom is 0.241 e. The summed E-state index contributed by atoms with van der Waals surface area (Å²) >= 11 is 2.56. The van der Waals surface area contributed by atoms with Crippen LogP contribution in [0.3, 0.4) is 0 Å². The number of benzene rings is 4. The highest BCUT2D eigenvalue weighted by Gasteiger charge is 2.30. The van der Waals surface area contributed by atoms with Crippen molar-refractivity contribution in [3.63, 3.8) is 0 Å². The number of rotatable bonds is 9. The van der Waals surface area contributed by atoms with Gasteiger partial charge in [0.15, 0.2) is 0 Å². The fraction of sp³-hybridized carbons (Fsp3) is 0.171. The Kier molecular flexibility index (Phi) is 9.09. The number of fused-ring (bicyclic) bond motifs is 2. The predicted molar refractivity (Wildman–Crippen MR) is 178 cm³/mol. The van der Waals surface area contributed by atoms with E-state index in [0.717, 1.165) is 55.3 Å². The standard InChI is InChI=1S/C35H31N3O4S3/c1-22(2)33(38-45(40,41)27-16-13-23(3)14-17-27)35(39)44-34-26(19-24-9-5-4-6-10-24)20-28(36-37-34)25-15-18-30-32(21-25)43-31-12-8-7-11-29(31)42-30/h4-18,20-22,33,38H,19H2,1-3H3. The van der Waals surface area contributed by atoms with Crippen LogP contribution in [-0.4, -0.2) is 29.8 Å². The number of hydrogen-bond acceptors (Lipinski definition) is 8. The topological polar surface area (TPSA) is 98.2 Å². The molecule has 1 aromatic heterocycles. The lowest BCUT2D eigenvalue weighted by Crippen LogP contribution is -2.43. The largest absolute Gasteiger partial charge is 0.455 e. The summed E-state index contributed by atoms with van der Waals surface area (Å²) in [6.45, 7) is 5.52. The molecule has 0 saturated heterocycles. The number of nitrogens with one attached hydrogen (secondary N) is 1. The molecular weight excluding hydrogens is 623 g/mol. The van der Waals surface area contributed by atoms with Crippen molar-refractivity contribution < 1.29 is 17.9 Å². The number of thioether (sulfide) groups is 1. The summed E-state index contributed by atoms with van der Waals surface area (Å²) in [6.07, 6.45) is 0.524. The van der Waals surface area contributed by atoms with Crippen molar-refractivity contribution in [1.29, 1.82) is 0 Å². The molecule has 1 atom stereocenters. The van der Waals surface area contributed by atoms with Crippen molar-refractivity contribution >= 4 is 38.7 Å². The molecule has 0 fully saturated rings. The van der Waals surface area contributed by atoms with Crippen LogP contribution in [0, 0.1) is 12.8 Å². The van der Waals surface area contributed by atoms with Gasteiger partial charge in [-0.2, -0.15) is 4.72 Å². The monoisotopic (exact) mass is 653 g/mol. The average molecular weight is 654 g/mol. The first kappa shape index (κ1) is 31.0. The SMILES string of the molecule is Cc1ccc(S(=O)(=O)NC(C(=O)Sc2nnc(-c3ccc4c(c3)Sc3ccccc3O4)cc2Cc2ccccc2)C(C)C)cc1. The molecule has 1 unspecified atom stereocenters. The van der Waals surface area contributed by atoms with Crippen LogP contribution in [0.15, 0.2) is 123 Å². The first-order valence-corrected chi connectivity index (χ1v) is 17.6. The Hall–Kier alpha value is -3.96. The van der Waals surface area contributed by atoms with Gasteiger partial charge >= 0.3 is 0 Å². The molecule has 5 aromatic rings. The Labute approximate surface area is 271 Å². The highest BCUT2D eigenvalue weighted by Crippen LogP contribution is 2.47. The van der Waals surface area contributed by atoms with Crippen LogP contribution in [0.25, 0.3) is 11.3 Å². The first-order chi connectivity index (χ1) is 21.7. The van der Waals surface area contributed by atoms with Crippen LogP contribution >= 0.6 is 23.5 Å². The molecule has 45 heavy (non-hydrogen) atoms. The Balaban J connectivity index is 1.29. The molecule has 0 saturated carbocycles. The minimum atomic E-state index is -3.92. The van der Waals surface area contributed by atoms with E-state index in [1.807, 2.05) is 99.6 Å². The van der Waals surface area contributed by atoms with Gasteiger partial charge in [0.1, 0.15) is 16.5 Å². The molecule has 0 bridgehead atoms. The number of carbonyl (C=O) groups excluding carboxylic acids is 1. The molecule has 1 aliphatic rings. The Bertz CT molecular complexity index is 1960. The molecule has 0 amide bonds. The molecule has 4 aromatic carbocycles. The van der Waals surface area contributed by atoms with Crippen LogP contribution in [0.2, 0.25) is 0 Å². The molecule has 1 N–H and O–H groups in total. The fourth-order valence-electron chi connectivity index (χ4n) is 4.84. The molecule has 2 heterocycles. The van der Waals surface area contributed by atoms with Gasteiger partial charge in [-0.3, -0.25) is 4.79 Å². The van der Waals surface area contributed by atoms with Gasteiger partial charge < -0.3 is 4.74 Å². The number of nitrogens with zero attached hydrogens (tertiary/aromatic N) is 2. The van der Waals surface area contributed by atoms with E-state index in [9.17, 15) is 13.2 Å². The number of hydrogen-bond donors (Lipinski definition) is 1. The molecule has 0 spiro atoms. The lowest BCUT2D eigenvalue weighted by Gasteiger charge is -2.21. The van der Waals surface area contributed by atoms with E-state index < -0.39 is 16.1 Å². The third-order valence-corrected chi connectivity index (χ3v) is 10.9. The minimum absolute atomic E-state index is 0.113. The van der Waals surface area contributed by atoms with Crippen molar-refractivity contribution in [1.82, 2.24) is 14.9 Å². The number of aryl methyl sites for hydroxylation is 1. The lowest BCUT2D eigenvalue weighted by molar-refractivity contribution is -0.113. The van der Waals surface area contributed by atoms with Crippen LogP contribution < -0.4 is 9.46 Å². The van der Waals surface area contributed by atoms with Crippen molar-refractivity contribution in [2.45, 2.75) is 52.9 Å². The second-order valence-corrected chi connectivity index (χ2v) is 14.9. The highest BCUT2D eigenvalue weighted by molar-refractivity contribution is 8.13. The molecule has 10 heteroatoms. The van der Waals surface area contributed by atoms with Gasteiger partial charge in [-0.05, 0) is 84.3 Å². The smallest absolute Gasteiger partial charge is 0.241 e. The van der Waals surface area contributed by atoms with Crippen LogP contribution in [-0.2, 0) is 21.2 Å². The minimum Gasteiger partial charge on any atom is -0.455 e. The number of aromatic nitrogens is 2. The summed E-state index contributed by atoms with van der Waals surface area (Å²) in [7, 11) is -3.92. The molecule has 0 aliphatic carbocycles. The highest BCUT2D eigenvalue weighted by atomic mass is 32.2. The van der Waals surface area contributed by atoms with Gasteiger partial charge in [-0.15, -0.1) is 10.2 Å². The van der Waals surface area contributed by atoms with Gasteiger partial charge in [-0.25, -0.2) is 8.42 Å². The number of ether oxygens (including phenoxy) is 1. The van der Waals surface area contributed by atoms with Gasteiger partial charge in [-0.1, -0.05) is 85.8 Å². The molecule has 0 radical (unpaired) electrons. The summed E-state index contributed by atoms with van der Waals surface area (Å²) in [5.74, 6) is 1.32. The summed E-state index contributed by atoms with van der Waals surface area (Å²) < 4.78 is 35.1. The summed E-state index contributed by atoms with van der Waals surface area (Å²) in [5, 5.41) is 9.14. The third-order valence-electron chi connectivity index (χ3n) is 7.33. The van der Waals surface area contributed by atoms with Gasteiger partial charge in [0.25, 0.3) is 0 Å². The van der Waals surface area contributed by atoms with Gasteiger partial charge in [0, 0.05) is 12.0 Å². The zero-order chi connectivity index (χ0) is 31.6. The quantitative estimate of drug-likeness (QED) is 0.157. The number of para-hydroxylation sites is 1. The van der Waals surface area contributed by atoms with Gasteiger partial charge in [0.2, 0.25) is 15.1 Å². The fourth-order valence-corrected chi connectivity index (χ4v) is 8.24. The Morgan fingerprint density at radius 1 is 0.867 bits per heavy atom. The van der Waals surface area contributed by atoms with E-state index in [0.29, 0.717) is 17.1 Å². The second-order valence-electron chi connectivity index (χ2n) is 11.1. The summed E-state index contributed by atoms with van der Waals surface area (Å²) in [4.78, 5) is 15.8. The molecular formula is C35H31N3O4S3. The van der Waals surface area contributed by atoms with E-state index >= 15 is 0 Å². The van der Waals surface area contributed by atoms with Gasteiger partial charge in [0.05, 0.1) is 26.4 Å². The molecule has 228 valence electrons. The third kappa shape index (κ3) is 7.15. The van der Waals surface area contributed by atoms with Crippen molar-refractivity contribution in [3.05, 3.63) is 120 Å². The average Bonchev–Trinajstić information content (AvgIpc) is 3.03. The number of sulfonamides is 1. The van der Waals surface area contributed by atoms with Crippen molar-refractivity contribution in [3.8, 4) is 22.8 Å². The van der Waals surface area contributed by atoms with E-state index in [4.69, 9.17) is 4.74 Å². The Morgan fingerprint density at radius 3 is 2.33 bits per heavy atom. The van der Waals surface area contributed by atoms with E-state index in [2.05, 4.69) is 14.9 Å². The zero-order valence-electron chi connectivity index (χ0n) is 24.9. The van der Waals surface area contributed by atoms with Crippen LogP contribution in [0.5, 0.6) is 11.5 Å². The zero-order valence-corrected chi connectivity index (χ0v) is 27.4. The number of carbonyl (C=O) groups is 1. The van der Waals surface area contributed by atoms with E-state index in [1.165, 1.54) is 0 Å². The normalized spacial score (nSPS) is 13.1. The van der Waals surface area contributed by atoms with Crippen molar-refractivity contribution in [2.24, 2.45) is 5.92 Å². The summed E-state index contributed by atoms with van der Waals surface area (Å²) in [6, 6.07) is 31.3. The van der Waals surface area contributed by atoms with Crippen LogP contribution in [0.1, 0.15) is 30.5 Å². The first-order valence-electron chi connectivity index (χ1n) is 14.5. The van der Waals surface area contributed by atoms with Crippen molar-refractivity contribution in [2.75, 3.05) is 0 Å². The maximum absolute atomic E-state index is 13.7. The Morgan fingerprint density at radius 2 is 1.58 bits per heavy atom. The second kappa shape index (κ2) is 13.2.